The van der Waals surface area contributed by atoms with Gasteiger partial charge in [-0.3, -0.25) is 24.2 Å². The molecule has 2 heterocycles. The fourth-order valence-corrected chi connectivity index (χ4v) is 5.36. The molecule has 0 bridgehead atoms. The normalized spacial score (nSPS) is 13.1. The van der Waals surface area contributed by atoms with Crippen LogP contribution in [0.3, 0.4) is 0 Å². The second-order valence-electron chi connectivity index (χ2n) is 7.62. The smallest absolute Gasteiger partial charge is 0.274 e. The standard InChI is InChI=1S/C25H17F2N3O3S2/c26-24(27)34-16-11-9-15(10-12-16)30(25-28-19-7-3-4-8-20(19)35-25)21(31)13-14-29-22(32)17-5-1-2-6-18(17)23(29)33/h1-12,24H,13-14H2. The number of anilines is 2. The van der Waals surface area contributed by atoms with Gasteiger partial charge in [0.15, 0.2) is 5.13 Å². The molecular formula is C25H17F2N3O3S2. The third-order valence-electron chi connectivity index (χ3n) is 5.47. The van der Waals surface area contributed by atoms with Crippen LogP contribution in [0.1, 0.15) is 27.1 Å². The first kappa shape index (κ1) is 23.1. The van der Waals surface area contributed by atoms with Gasteiger partial charge in [0.1, 0.15) is 0 Å². The van der Waals surface area contributed by atoms with E-state index in [9.17, 15) is 23.2 Å². The Morgan fingerprint density at radius 1 is 0.943 bits per heavy atom. The Morgan fingerprint density at radius 3 is 2.20 bits per heavy atom. The molecule has 1 aromatic heterocycles. The number of alkyl halides is 2. The summed E-state index contributed by atoms with van der Waals surface area (Å²) in [5.74, 6) is -3.80. The van der Waals surface area contributed by atoms with Gasteiger partial charge in [0, 0.05) is 17.9 Å². The highest BCUT2D eigenvalue weighted by Crippen LogP contribution is 2.35. The van der Waals surface area contributed by atoms with Crippen molar-refractivity contribution in [3.8, 4) is 0 Å². The van der Waals surface area contributed by atoms with Crippen molar-refractivity contribution in [2.45, 2.75) is 17.1 Å². The SMILES string of the molecule is O=C1c2ccccc2C(=O)N1CCC(=O)N(c1ccc(SC(F)F)cc1)c1nc2ccccc2s1. The maximum absolute atomic E-state index is 13.4. The number of carbonyl (C=O) groups excluding carboxylic acids is 3. The van der Waals surface area contributed by atoms with Crippen LogP contribution < -0.4 is 4.90 Å². The van der Waals surface area contributed by atoms with Crippen molar-refractivity contribution >= 4 is 61.9 Å². The number of nitrogens with zero attached hydrogens (tertiary/aromatic N) is 3. The van der Waals surface area contributed by atoms with Crippen LogP contribution in [0.25, 0.3) is 10.2 Å². The van der Waals surface area contributed by atoms with Gasteiger partial charge < -0.3 is 0 Å². The second-order valence-corrected chi connectivity index (χ2v) is 9.70. The molecule has 0 atom stereocenters. The number of rotatable bonds is 7. The molecule has 0 N–H and O–H groups in total. The van der Waals surface area contributed by atoms with Crippen molar-refractivity contribution < 1.29 is 23.2 Å². The first-order chi connectivity index (χ1) is 16.9. The van der Waals surface area contributed by atoms with Gasteiger partial charge in [0.05, 0.1) is 27.0 Å². The third-order valence-corrected chi connectivity index (χ3v) is 7.21. The minimum absolute atomic E-state index is 0.0914. The molecule has 0 radical (unpaired) electrons. The number of carbonyl (C=O) groups is 3. The largest absolute Gasteiger partial charge is 0.288 e. The van der Waals surface area contributed by atoms with Gasteiger partial charge in [-0.25, -0.2) is 4.98 Å². The van der Waals surface area contributed by atoms with E-state index in [4.69, 9.17) is 0 Å². The van der Waals surface area contributed by atoms with Crippen LogP contribution in [-0.2, 0) is 4.79 Å². The Labute approximate surface area is 207 Å². The summed E-state index contributed by atoms with van der Waals surface area (Å²) in [5.41, 5.74) is 1.81. The zero-order chi connectivity index (χ0) is 24.5. The van der Waals surface area contributed by atoms with Gasteiger partial charge in [-0.05, 0) is 48.5 Å². The number of thiazole rings is 1. The average Bonchev–Trinajstić information content (AvgIpc) is 3.38. The summed E-state index contributed by atoms with van der Waals surface area (Å²) < 4.78 is 26.3. The lowest BCUT2D eigenvalue weighted by molar-refractivity contribution is -0.118. The molecule has 1 aliphatic heterocycles. The van der Waals surface area contributed by atoms with E-state index in [0.29, 0.717) is 38.6 Å². The van der Waals surface area contributed by atoms with E-state index >= 15 is 0 Å². The van der Waals surface area contributed by atoms with Crippen molar-refractivity contribution in [2.75, 3.05) is 11.4 Å². The molecule has 0 fully saturated rings. The lowest BCUT2D eigenvalue weighted by Gasteiger charge is -2.22. The Bertz CT molecular complexity index is 1370. The molecule has 3 amide bonds. The Balaban J connectivity index is 1.42. The molecule has 0 unspecified atom stereocenters. The first-order valence-electron chi connectivity index (χ1n) is 10.6. The predicted molar refractivity (Wildman–Crippen MR) is 131 cm³/mol. The molecule has 3 aromatic carbocycles. The number of halogens is 2. The Kier molecular flexibility index (Phi) is 6.31. The molecule has 0 saturated carbocycles. The number of hydrogen-bond acceptors (Lipinski definition) is 6. The van der Waals surface area contributed by atoms with E-state index in [0.717, 1.165) is 15.1 Å². The van der Waals surface area contributed by atoms with Gasteiger partial charge >= 0.3 is 0 Å². The van der Waals surface area contributed by atoms with E-state index in [-0.39, 0.29) is 18.9 Å². The van der Waals surface area contributed by atoms with Crippen LogP contribution in [0.2, 0.25) is 0 Å². The van der Waals surface area contributed by atoms with Crippen LogP contribution >= 0.6 is 23.1 Å². The van der Waals surface area contributed by atoms with E-state index in [1.165, 1.54) is 28.4 Å². The maximum Gasteiger partial charge on any atom is 0.288 e. The van der Waals surface area contributed by atoms with E-state index in [2.05, 4.69) is 4.98 Å². The lowest BCUT2D eigenvalue weighted by atomic mass is 10.1. The first-order valence-corrected chi connectivity index (χ1v) is 12.3. The summed E-state index contributed by atoms with van der Waals surface area (Å²) in [6.07, 6.45) is -0.130. The molecule has 10 heteroatoms. The van der Waals surface area contributed by atoms with Crippen LogP contribution in [0.15, 0.2) is 77.7 Å². The molecular weight excluding hydrogens is 492 g/mol. The third kappa shape index (κ3) is 4.54. The predicted octanol–water partition coefficient (Wildman–Crippen LogP) is 5.96. The summed E-state index contributed by atoms with van der Waals surface area (Å²) in [6, 6.07) is 20.2. The molecule has 4 aromatic rings. The number of benzene rings is 3. The Morgan fingerprint density at radius 2 is 1.57 bits per heavy atom. The topological polar surface area (TPSA) is 70.6 Å². The zero-order valence-electron chi connectivity index (χ0n) is 18.1. The minimum atomic E-state index is -2.55. The van der Waals surface area contributed by atoms with Gasteiger partial charge in [-0.1, -0.05) is 47.4 Å². The highest BCUT2D eigenvalue weighted by molar-refractivity contribution is 7.99. The average molecular weight is 510 g/mol. The van der Waals surface area contributed by atoms with Crippen LogP contribution in [0.4, 0.5) is 19.6 Å². The lowest BCUT2D eigenvalue weighted by Crippen LogP contribution is -2.35. The Hall–Kier alpha value is -3.63. The fraction of sp³-hybridized carbons (Fsp3) is 0.120. The monoisotopic (exact) mass is 509 g/mol. The van der Waals surface area contributed by atoms with Crippen molar-refractivity contribution in [2.24, 2.45) is 0 Å². The summed E-state index contributed by atoms with van der Waals surface area (Å²) >= 11 is 1.73. The summed E-state index contributed by atoms with van der Waals surface area (Å²) in [6.45, 7) is -0.0914. The zero-order valence-corrected chi connectivity index (χ0v) is 19.7. The molecule has 0 spiro atoms. The summed E-state index contributed by atoms with van der Waals surface area (Å²) in [7, 11) is 0. The van der Waals surface area contributed by atoms with Gasteiger partial charge in [0.25, 0.3) is 17.6 Å². The van der Waals surface area contributed by atoms with Crippen molar-refractivity contribution in [1.82, 2.24) is 9.88 Å². The molecule has 1 aliphatic rings. The number of imide groups is 1. The highest BCUT2D eigenvalue weighted by atomic mass is 32.2. The van der Waals surface area contributed by atoms with Gasteiger partial charge in [-0.2, -0.15) is 8.78 Å². The van der Waals surface area contributed by atoms with E-state index in [1.54, 1.807) is 36.4 Å². The van der Waals surface area contributed by atoms with Gasteiger partial charge in [-0.15, -0.1) is 0 Å². The number of hydrogen-bond donors (Lipinski definition) is 0. The molecule has 0 saturated heterocycles. The summed E-state index contributed by atoms with van der Waals surface area (Å²) in [4.78, 5) is 46.2. The van der Waals surface area contributed by atoms with Crippen LogP contribution in [0, 0.1) is 0 Å². The fourth-order valence-electron chi connectivity index (χ4n) is 3.85. The number of thioether (sulfide) groups is 1. The van der Waals surface area contributed by atoms with Crippen LogP contribution in [0.5, 0.6) is 0 Å². The van der Waals surface area contributed by atoms with Crippen molar-refractivity contribution in [3.63, 3.8) is 0 Å². The molecule has 0 aliphatic carbocycles. The van der Waals surface area contributed by atoms with Crippen molar-refractivity contribution in [3.05, 3.63) is 83.9 Å². The number of aromatic nitrogens is 1. The number of amides is 3. The second kappa shape index (κ2) is 9.55. The van der Waals surface area contributed by atoms with Crippen LogP contribution in [-0.4, -0.2) is 39.9 Å². The molecule has 176 valence electrons. The van der Waals surface area contributed by atoms with Crippen molar-refractivity contribution in [1.29, 1.82) is 0 Å². The molecule has 35 heavy (non-hydrogen) atoms. The number of para-hydroxylation sites is 1. The summed E-state index contributed by atoms with van der Waals surface area (Å²) in [5, 5.41) is 0.410. The molecule has 5 rings (SSSR count). The quantitative estimate of drug-likeness (QED) is 0.227. The maximum atomic E-state index is 13.4. The molecule has 6 nitrogen and oxygen atoms in total. The van der Waals surface area contributed by atoms with Gasteiger partial charge in [0.2, 0.25) is 5.91 Å². The minimum Gasteiger partial charge on any atom is -0.274 e. The number of fused-ring (bicyclic) bond motifs is 2. The van der Waals surface area contributed by atoms with E-state index < -0.39 is 17.6 Å². The van der Waals surface area contributed by atoms with E-state index in [1.807, 2.05) is 24.3 Å². The highest BCUT2D eigenvalue weighted by Gasteiger charge is 2.35.